The zero-order chi connectivity index (χ0) is 24.1. The third kappa shape index (κ3) is 5.43. The van der Waals surface area contributed by atoms with Crippen molar-refractivity contribution in [2.24, 2.45) is 0 Å². The van der Waals surface area contributed by atoms with E-state index in [1.54, 1.807) is 37.3 Å². The molecule has 34 heavy (non-hydrogen) atoms. The summed E-state index contributed by atoms with van der Waals surface area (Å²) < 4.78 is 21.6. The summed E-state index contributed by atoms with van der Waals surface area (Å²) >= 11 is 12.4. The fourth-order valence-corrected chi connectivity index (χ4v) is 3.95. The molecule has 0 fully saturated rings. The van der Waals surface area contributed by atoms with E-state index in [1.165, 1.54) is 0 Å². The summed E-state index contributed by atoms with van der Waals surface area (Å²) in [6.45, 7) is 0.984. The Morgan fingerprint density at radius 1 is 0.971 bits per heavy atom. The fraction of sp³-hybridized carbons (Fsp3) is 0.240. The highest BCUT2D eigenvalue weighted by Crippen LogP contribution is 2.33. The van der Waals surface area contributed by atoms with E-state index in [0.29, 0.717) is 58.2 Å². The molecule has 0 bridgehead atoms. The average Bonchev–Trinajstić information content (AvgIpc) is 3.32. The minimum absolute atomic E-state index is 0.190. The van der Waals surface area contributed by atoms with Gasteiger partial charge in [0.15, 0.2) is 23.0 Å². The second-order valence-electron chi connectivity index (χ2n) is 7.58. The maximum Gasteiger partial charge on any atom is 0.322 e. The van der Waals surface area contributed by atoms with Gasteiger partial charge in [-0.05, 0) is 53.9 Å². The molecule has 0 radical (unpaired) electrons. The number of fused-ring (bicyclic) bond motifs is 1. The Hall–Kier alpha value is -3.29. The lowest BCUT2D eigenvalue weighted by Crippen LogP contribution is -2.36. The van der Waals surface area contributed by atoms with Crippen LogP contribution in [0.4, 0.5) is 10.5 Å². The molecule has 1 N–H and O–H groups in total. The Labute approximate surface area is 208 Å². The van der Waals surface area contributed by atoms with Gasteiger partial charge in [-0.1, -0.05) is 41.4 Å². The largest absolute Gasteiger partial charge is 0.493 e. The highest BCUT2D eigenvalue weighted by atomic mass is 35.5. The first kappa shape index (κ1) is 23.9. The summed E-state index contributed by atoms with van der Waals surface area (Å²) in [4.78, 5) is 15.0. The zero-order valence-corrected chi connectivity index (χ0v) is 20.3. The van der Waals surface area contributed by atoms with Crippen molar-refractivity contribution < 1.29 is 23.7 Å². The van der Waals surface area contributed by atoms with Crippen LogP contribution in [0.2, 0.25) is 10.0 Å². The molecule has 9 heteroatoms. The topological polar surface area (TPSA) is 69.3 Å². The lowest BCUT2D eigenvalue weighted by Gasteiger charge is -2.24. The van der Waals surface area contributed by atoms with Crippen LogP contribution in [0.5, 0.6) is 23.0 Å². The summed E-state index contributed by atoms with van der Waals surface area (Å²) in [5, 5.41) is 3.53. The molecule has 0 saturated heterocycles. The van der Waals surface area contributed by atoms with Crippen molar-refractivity contribution >= 4 is 34.9 Å². The number of carbonyl (C=O) groups excluding carboxylic acids is 1. The highest BCUT2D eigenvalue weighted by molar-refractivity contribution is 6.43. The molecule has 0 unspecified atom stereocenters. The first-order chi connectivity index (χ1) is 16.5. The van der Waals surface area contributed by atoms with E-state index in [9.17, 15) is 4.79 Å². The van der Waals surface area contributed by atoms with E-state index in [1.807, 2.05) is 36.4 Å². The van der Waals surface area contributed by atoms with Crippen LogP contribution >= 0.6 is 23.2 Å². The van der Waals surface area contributed by atoms with E-state index < -0.39 is 0 Å². The van der Waals surface area contributed by atoms with Gasteiger partial charge >= 0.3 is 6.03 Å². The molecule has 1 heterocycles. The standard InChI is InChI=1S/C25H24Cl2N2O5/c1-31-20-8-6-16(12-22(20)32-2)10-11-29(14-17-7-9-21-23(13-17)34-15-33-21)25(30)28-19-5-3-4-18(26)24(19)27/h3-9,12-13H,10-11,14-15H2,1-2H3,(H,28,30). The maximum atomic E-state index is 13.3. The third-order valence-electron chi connectivity index (χ3n) is 5.41. The SMILES string of the molecule is COc1ccc(CCN(Cc2ccc3c(c2)OCO3)C(=O)Nc2cccc(Cl)c2Cl)cc1OC. The van der Waals surface area contributed by atoms with E-state index in [4.69, 9.17) is 42.1 Å². The molecule has 0 saturated carbocycles. The number of nitrogens with one attached hydrogen (secondary N) is 1. The van der Waals surface area contributed by atoms with Crippen molar-refractivity contribution in [2.45, 2.75) is 13.0 Å². The predicted octanol–water partition coefficient (Wildman–Crippen LogP) is 6.02. The summed E-state index contributed by atoms with van der Waals surface area (Å²) in [6.07, 6.45) is 0.599. The number of hydrogen-bond donors (Lipinski definition) is 1. The van der Waals surface area contributed by atoms with Gasteiger partial charge in [0.05, 0.1) is 30.0 Å². The van der Waals surface area contributed by atoms with E-state index >= 15 is 0 Å². The van der Waals surface area contributed by atoms with Crippen molar-refractivity contribution in [1.29, 1.82) is 0 Å². The number of nitrogens with zero attached hydrogens (tertiary/aromatic N) is 1. The molecule has 1 aliphatic rings. The monoisotopic (exact) mass is 502 g/mol. The van der Waals surface area contributed by atoms with Crippen LogP contribution in [-0.2, 0) is 13.0 Å². The molecule has 0 aromatic heterocycles. The van der Waals surface area contributed by atoms with Crippen LogP contribution in [0.3, 0.4) is 0 Å². The lowest BCUT2D eigenvalue weighted by atomic mass is 10.1. The Kier molecular flexibility index (Phi) is 7.55. The normalized spacial score (nSPS) is 11.8. The molecule has 0 spiro atoms. The number of methoxy groups -OCH3 is 2. The average molecular weight is 503 g/mol. The Morgan fingerprint density at radius 2 is 1.74 bits per heavy atom. The van der Waals surface area contributed by atoms with Crippen LogP contribution in [0.15, 0.2) is 54.6 Å². The Morgan fingerprint density at radius 3 is 2.53 bits per heavy atom. The van der Waals surface area contributed by atoms with Gasteiger partial charge in [-0.15, -0.1) is 0 Å². The van der Waals surface area contributed by atoms with Crippen LogP contribution in [0, 0.1) is 0 Å². The molecule has 4 rings (SSSR count). The second kappa shape index (κ2) is 10.8. The third-order valence-corrected chi connectivity index (χ3v) is 6.23. The minimum Gasteiger partial charge on any atom is -0.493 e. The van der Waals surface area contributed by atoms with Crippen molar-refractivity contribution in [3.05, 3.63) is 75.8 Å². The van der Waals surface area contributed by atoms with Gasteiger partial charge < -0.3 is 29.2 Å². The number of anilines is 1. The molecule has 1 aliphatic heterocycles. The molecular weight excluding hydrogens is 479 g/mol. The molecule has 0 atom stereocenters. The Bertz CT molecular complexity index is 1190. The van der Waals surface area contributed by atoms with Crippen molar-refractivity contribution in [3.8, 4) is 23.0 Å². The van der Waals surface area contributed by atoms with Gasteiger partial charge in [-0.3, -0.25) is 0 Å². The maximum absolute atomic E-state index is 13.3. The summed E-state index contributed by atoms with van der Waals surface area (Å²) in [5.74, 6) is 2.64. The molecular formula is C25H24Cl2N2O5. The number of halogens is 2. The van der Waals surface area contributed by atoms with Crippen molar-refractivity contribution in [2.75, 3.05) is 32.9 Å². The van der Waals surface area contributed by atoms with Gasteiger partial charge in [0.2, 0.25) is 6.79 Å². The minimum atomic E-state index is -0.303. The summed E-state index contributed by atoms with van der Waals surface area (Å²) in [5.41, 5.74) is 2.35. The Balaban J connectivity index is 1.54. The van der Waals surface area contributed by atoms with E-state index in [-0.39, 0.29) is 12.8 Å². The van der Waals surface area contributed by atoms with Crippen molar-refractivity contribution in [1.82, 2.24) is 4.90 Å². The summed E-state index contributed by atoms with van der Waals surface area (Å²) in [7, 11) is 3.19. The van der Waals surface area contributed by atoms with Gasteiger partial charge in [0.1, 0.15) is 0 Å². The first-order valence-electron chi connectivity index (χ1n) is 10.6. The quantitative estimate of drug-likeness (QED) is 0.408. The number of amides is 2. The number of rotatable bonds is 8. The molecule has 2 amide bonds. The highest BCUT2D eigenvalue weighted by Gasteiger charge is 2.19. The number of carbonyl (C=O) groups is 1. The molecule has 3 aromatic rings. The van der Waals surface area contributed by atoms with Crippen LogP contribution in [-0.4, -0.2) is 38.5 Å². The predicted molar refractivity (Wildman–Crippen MR) is 132 cm³/mol. The molecule has 0 aliphatic carbocycles. The van der Waals surface area contributed by atoms with Gasteiger partial charge in [0, 0.05) is 13.1 Å². The molecule has 178 valence electrons. The fourth-order valence-electron chi connectivity index (χ4n) is 3.61. The van der Waals surface area contributed by atoms with Gasteiger partial charge in [-0.25, -0.2) is 4.79 Å². The van der Waals surface area contributed by atoms with E-state index in [0.717, 1.165) is 11.1 Å². The van der Waals surface area contributed by atoms with Crippen molar-refractivity contribution in [3.63, 3.8) is 0 Å². The summed E-state index contributed by atoms with van der Waals surface area (Å²) in [6, 6.07) is 16.1. The zero-order valence-electron chi connectivity index (χ0n) is 18.8. The lowest BCUT2D eigenvalue weighted by molar-refractivity contribution is 0.174. The second-order valence-corrected chi connectivity index (χ2v) is 8.37. The smallest absolute Gasteiger partial charge is 0.322 e. The van der Waals surface area contributed by atoms with Crippen LogP contribution in [0.1, 0.15) is 11.1 Å². The number of hydrogen-bond acceptors (Lipinski definition) is 5. The number of urea groups is 1. The number of ether oxygens (including phenoxy) is 4. The van der Waals surface area contributed by atoms with Crippen LogP contribution in [0.25, 0.3) is 0 Å². The molecule has 7 nitrogen and oxygen atoms in total. The molecule has 3 aromatic carbocycles. The van der Waals surface area contributed by atoms with Gasteiger partial charge in [0.25, 0.3) is 0 Å². The first-order valence-corrected chi connectivity index (χ1v) is 11.3. The van der Waals surface area contributed by atoms with E-state index in [2.05, 4.69) is 5.32 Å². The number of benzene rings is 3. The van der Waals surface area contributed by atoms with Crippen LogP contribution < -0.4 is 24.3 Å². The van der Waals surface area contributed by atoms with Gasteiger partial charge in [-0.2, -0.15) is 0 Å².